The first-order chi connectivity index (χ1) is 13.1. The fourth-order valence-corrected chi connectivity index (χ4v) is 4.63. The maximum atomic E-state index is 12.6. The van der Waals surface area contributed by atoms with Crippen LogP contribution in [-0.2, 0) is 33.9 Å². The fraction of sp³-hybridized carbons (Fsp3) is 0.400. The predicted molar refractivity (Wildman–Crippen MR) is 103 cm³/mol. The number of benzene rings is 1. The highest BCUT2D eigenvalue weighted by atomic mass is 32.1. The zero-order chi connectivity index (χ0) is 18.8. The van der Waals surface area contributed by atoms with E-state index in [-0.39, 0.29) is 17.7 Å². The third-order valence-electron chi connectivity index (χ3n) is 5.01. The van der Waals surface area contributed by atoms with Crippen LogP contribution in [0.2, 0.25) is 0 Å². The van der Waals surface area contributed by atoms with Gasteiger partial charge in [0, 0.05) is 10.8 Å². The molecule has 2 aromatic rings. The van der Waals surface area contributed by atoms with Crippen LogP contribution in [-0.4, -0.2) is 25.0 Å². The third kappa shape index (κ3) is 4.05. The van der Waals surface area contributed by atoms with E-state index >= 15 is 0 Å². The number of rotatable bonds is 7. The van der Waals surface area contributed by atoms with E-state index in [1.807, 2.05) is 30.3 Å². The van der Waals surface area contributed by atoms with Crippen LogP contribution in [0.3, 0.4) is 0 Å². The lowest BCUT2D eigenvalue weighted by molar-refractivity contribution is -0.117. The van der Waals surface area contributed by atoms with Crippen LogP contribution in [0.4, 0.5) is 5.00 Å². The minimum Gasteiger partial charge on any atom is -0.376 e. The smallest absolute Gasteiger partial charge is 0.251 e. The van der Waals surface area contributed by atoms with Gasteiger partial charge in [0.1, 0.15) is 5.00 Å². The molecule has 0 spiro atoms. The number of hydrogen-bond donors (Lipinski definition) is 2. The summed E-state index contributed by atoms with van der Waals surface area (Å²) in [6.45, 7) is 2.15. The Morgan fingerprint density at radius 3 is 2.89 bits per heavy atom. The quantitative estimate of drug-likeness (QED) is 0.765. The average molecular weight is 386 g/mol. The second-order valence-corrected chi connectivity index (χ2v) is 8.07. The van der Waals surface area contributed by atoms with E-state index in [0.29, 0.717) is 43.4 Å². The van der Waals surface area contributed by atoms with Crippen molar-refractivity contribution < 1.29 is 19.1 Å². The Balaban J connectivity index is 1.32. The number of nitrogens with one attached hydrogen (secondary N) is 1. The Morgan fingerprint density at radius 1 is 1.30 bits per heavy atom. The molecule has 1 aliphatic heterocycles. The molecule has 3 N–H and O–H groups in total. The Labute approximate surface area is 161 Å². The molecule has 2 aliphatic rings. The molecule has 4 rings (SSSR count). The topological polar surface area (TPSA) is 90.7 Å². The monoisotopic (exact) mass is 386 g/mol. The van der Waals surface area contributed by atoms with Gasteiger partial charge in [0.25, 0.3) is 5.91 Å². The Bertz CT molecular complexity index is 849. The van der Waals surface area contributed by atoms with Crippen molar-refractivity contribution in [3.05, 3.63) is 51.9 Å². The number of anilines is 1. The maximum absolute atomic E-state index is 12.6. The van der Waals surface area contributed by atoms with Gasteiger partial charge in [-0.1, -0.05) is 30.3 Å². The summed E-state index contributed by atoms with van der Waals surface area (Å²) in [5.74, 6) is -0.408. The Morgan fingerprint density at radius 2 is 2.11 bits per heavy atom. The Kier molecular flexibility index (Phi) is 5.24. The molecule has 2 heterocycles. The molecule has 1 fully saturated rings. The lowest BCUT2D eigenvalue weighted by Gasteiger charge is -2.12. The number of hydrogen-bond acceptors (Lipinski definition) is 5. The molecule has 1 saturated carbocycles. The number of amides is 2. The summed E-state index contributed by atoms with van der Waals surface area (Å²) in [5.41, 5.74) is 8.05. The summed E-state index contributed by atoms with van der Waals surface area (Å²) in [5, 5.41) is 3.47. The van der Waals surface area contributed by atoms with E-state index in [2.05, 4.69) is 5.32 Å². The van der Waals surface area contributed by atoms with Crippen LogP contribution in [0.1, 0.15) is 32.8 Å². The fourth-order valence-electron chi connectivity index (χ4n) is 3.44. The van der Waals surface area contributed by atoms with Crippen molar-refractivity contribution in [2.75, 3.05) is 18.5 Å². The van der Waals surface area contributed by atoms with Crippen molar-refractivity contribution in [3.63, 3.8) is 0 Å². The van der Waals surface area contributed by atoms with Crippen molar-refractivity contribution in [3.8, 4) is 0 Å². The average Bonchev–Trinajstić information content (AvgIpc) is 3.34. The zero-order valence-corrected chi connectivity index (χ0v) is 15.7. The summed E-state index contributed by atoms with van der Waals surface area (Å²) in [7, 11) is 0. The van der Waals surface area contributed by atoms with Gasteiger partial charge in [-0.2, -0.15) is 0 Å². The van der Waals surface area contributed by atoms with E-state index < -0.39 is 5.91 Å². The van der Waals surface area contributed by atoms with E-state index in [4.69, 9.17) is 15.2 Å². The van der Waals surface area contributed by atoms with Crippen molar-refractivity contribution in [2.45, 2.75) is 26.1 Å². The van der Waals surface area contributed by atoms with Gasteiger partial charge in [0.05, 0.1) is 32.0 Å². The largest absolute Gasteiger partial charge is 0.376 e. The first kappa shape index (κ1) is 18.2. The molecule has 2 unspecified atom stereocenters. The number of fused-ring (bicyclic) bond motifs is 1. The highest BCUT2D eigenvalue weighted by Gasteiger charge is 2.43. The molecule has 142 valence electrons. The van der Waals surface area contributed by atoms with Gasteiger partial charge in [0.15, 0.2) is 0 Å². The number of ether oxygens (including phenoxy) is 2. The highest BCUT2D eigenvalue weighted by Crippen LogP contribution is 2.42. The van der Waals surface area contributed by atoms with Gasteiger partial charge in [0.2, 0.25) is 5.91 Å². The van der Waals surface area contributed by atoms with Crippen LogP contribution in [0.15, 0.2) is 30.3 Å². The summed E-state index contributed by atoms with van der Waals surface area (Å²) in [6.07, 6.45) is 1.46. The molecule has 1 aromatic carbocycles. The van der Waals surface area contributed by atoms with Crippen LogP contribution in [0, 0.1) is 11.8 Å². The van der Waals surface area contributed by atoms with Gasteiger partial charge in [-0.3, -0.25) is 9.59 Å². The number of primary amides is 1. The SMILES string of the molecule is NC(=O)c1c(NC(=O)C2CC2COCc2ccccc2)sc2c1CCOC2. The molecular formula is C20H22N2O4S. The summed E-state index contributed by atoms with van der Waals surface area (Å²) in [6, 6.07) is 9.97. The van der Waals surface area contributed by atoms with Gasteiger partial charge in [-0.25, -0.2) is 0 Å². The Hall–Kier alpha value is -2.22. The normalized spacial score (nSPS) is 20.7. The van der Waals surface area contributed by atoms with Gasteiger partial charge < -0.3 is 20.5 Å². The second kappa shape index (κ2) is 7.80. The first-order valence-corrected chi connectivity index (χ1v) is 9.89. The van der Waals surface area contributed by atoms with E-state index in [0.717, 1.165) is 22.4 Å². The van der Waals surface area contributed by atoms with Crippen molar-refractivity contribution >= 4 is 28.2 Å². The first-order valence-electron chi connectivity index (χ1n) is 9.08. The molecule has 6 nitrogen and oxygen atoms in total. The second-order valence-electron chi connectivity index (χ2n) is 6.97. The zero-order valence-electron chi connectivity index (χ0n) is 14.9. The standard InChI is InChI=1S/C20H22N2O4S/c21-18(23)17-14-6-7-25-11-16(14)27-20(17)22-19(24)15-8-13(15)10-26-9-12-4-2-1-3-5-12/h1-5,13,15H,6-11H2,(H2,21,23)(H,22,24). The molecule has 0 bridgehead atoms. The van der Waals surface area contributed by atoms with Gasteiger partial charge in [-0.15, -0.1) is 11.3 Å². The summed E-state index contributed by atoms with van der Waals surface area (Å²) >= 11 is 1.39. The van der Waals surface area contributed by atoms with Crippen LogP contribution in [0.25, 0.3) is 0 Å². The summed E-state index contributed by atoms with van der Waals surface area (Å²) in [4.78, 5) is 25.4. The lowest BCUT2D eigenvalue weighted by Crippen LogP contribution is -2.20. The number of nitrogens with two attached hydrogens (primary N) is 1. The number of carbonyl (C=O) groups excluding carboxylic acids is 2. The van der Waals surface area contributed by atoms with Crippen molar-refractivity contribution in [1.29, 1.82) is 0 Å². The molecular weight excluding hydrogens is 364 g/mol. The molecule has 7 heteroatoms. The van der Waals surface area contributed by atoms with Gasteiger partial charge >= 0.3 is 0 Å². The molecule has 1 aromatic heterocycles. The van der Waals surface area contributed by atoms with E-state index in [9.17, 15) is 9.59 Å². The molecule has 2 atom stereocenters. The third-order valence-corrected chi connectivity index (χ3v) is 6.13. The van der Waals surface area contributed by atoms with E-state index in [1.165, 1.54) is 11.3 Å². The van der Waals surface area contributed by atoms with Crippen LogP contribution >= 0.6 is 11.3 Å². The molecule has 0 saturated heterocycles. The van der Waals surface area contributed by atoms with Crippen molar-refractivity contribution in [2.24, 2.45) is 17.6 Å². The van der Waals surface area contributed by atoms with E-state index in [1.54, 1.807) is 0 Å². The maximum Gasteiger partial charge on any atom is 0.251 e. The van der Waals surface area contributed by atoms with Crippen LogP contribution < -0.4 is 11.1 Å². The number of carbonyl (C=O) groups is 2. The highest BCUT2D eigenvalue weighted by molar-refractivity contribution is 7.17. The predicted octanol–water partition coefficient (Wildman–Crippen LogP) is 2.71. The van der Waals surface area contributed by atoms with Crippen molar-refractivity contribution in [1.82, 2.24) is 0 Å². The van der Waals surface area contributed by atoms with Crippen LogP contribution in [0.5, 0.6) is 0 Å². The van der Waals surface area contributed by atoms with Gasteiger partial charge in [-0.05, 0) is 29.9 Å². The lowest BCUT2D eigenvalue weighted by atomic mass is 10.1. The molecule has 27 heavy (non-hydrogen) atoms. The summed E-state index contributed by atoms with van der Waals surface area (Å²) < 4.78 is 11.2. The molecule has 2 amide bonds. The minimum atomic E-state index is -0.497. The number of thiophene rings is 1. The molecule has 0 radical (unpaired) electrons. The molecule has 1 aliphatic carbocycles. The minimum absolute atomic E-state index is 0.0645.